The molecule has 2 atom stereocenters. The van der Waals surface area contributed by atoms with Crippen LogP contribution < -0.4 is 16.0 Å². The normalized spacial score (nSPS) is 14.4. The summed E-state index contributed by atoms with van der Waals surface area (Å²) in [7, 11) is 0. The first kappa shape index (κ1) is 13.9. The predicted molar refractivity (Wildman–Crippen MR) is 66.6 cm³/mol. The molecule has 1 aromatic heterocycles. The summed E-state index contributed by atoms with van der Waals surface area (Å²) in [5.41, 5.74) is 3.71. The third-order valence-electron chi connectivity index (χ3n) is 2.48. The smallest absolute Gasteiger partial charge is 0.137 e. The van der Waals surface area contributed by atoms with Crippen LogP contribution in [0, 0.1) is 0 Å². The van der Waals surface area contributed by atoms with E-state index in [-0.39, 0.29) is 12.1 Å². The van der Waals surface area contributed by atoms with Gasteiger partial charge in [-0.05, 0) is 32.4 Å². The second kappa shape index (κ2) is 7.21. The number of pyridine rings is 1. The third kappa shape index (κ3) is 3.96. The van der Waals surface area contributed by atoms with Gasteiger partial charge in [-0.25, -0.2) is 0 Å². The molecule has 0 saturated heterocycles. The Morgan fingerprint density at radius 3 is 2.71 bits per heavy atom. The average molecular weight is 239 g/mol. The van der Waals surface area contributed by atoms with Crippen molar-refractivity contribution < 1.29 is 9.47 Å². The maximum absolute atomic E-state index is 5.56. The van der Waals surface area contributed by atoms with Crippen LogP contribution in [0.2, 0.25) is 0 Å². The highest BCUT2D eigenvalue weighted by Crippen LogP contribution is 2.21. The molecule has 17 heavy (non-hydrogen) atoms. The molecule has 0 spiro atoms. The molecule has 1 rings (SSSR count). The first-order chi connectivity index (χ1) is 8.22. The molecule has 0 amide bonds. The van der Waals surface area contributed by atoms with Crippen molar-refractivity contribution in [3.8, 4) is 5.75 Å². The molecule has 5 heteroatoms. The Labute approximate surface area is 102 Å². The van der Waals surface area contributed by atoms with Gasteiger partial charge in [-0.1, -0.05) is 0 Å². The first-order valence-electron chi connectivity index (χ1n) is 5.88. The largest absolute Gasteiger partial charge is 0.492 e. The predicted octanol–water partition coefficient (Wildman–Crippen LogP) is 1.41. The Hall–Kier alpha value is -1.17. The van der Waals surface area contributed by atoms with E-state index in [0.29, 0.717) is 13.2 Å². The van der Waals surface area contributed by atoms with Crippen LogP contribution >= 0.6 is 0 Å². The van der Waals surface area contributed by atoms with E-state index in [9.17, 15) is 0 Å². The van der Waals surface area contributed by atoms with Gasteiger partial charge in [-0.15, -0.1) is 0 Å². The molecule has 0 aliphatic carbocycles. The minimum Gasteiger partial charge on any atom is -0.492 e. The fourth-order valence-electron chi connectivity index (χ4n) is 1.71. The minimum absolute atomic E-state index is 0.0244. The quantitative estimate of drug-likeness (QED) is 0.556. The van der Waals surface area contributed by atoms with Crippen LogP contribution in [0.1, 0.15) is 32.4 Å². The van der Waals surface area contributed by atoms with E-state index in [0.717, 1.165) is 11.3 Å². The highest BCUT2D eigenvalue weighted by molar-refractivity contribution is 5.26. The Balaban J connectivity index is 2.83. The van der Waals surface area contributed by atoms with Gasteiger partial charge >= 0.3 is 0 Å². The highest BCUT2D eigenvalue weighted by Gasteiger charge is 2.19. The van der Waals surface area contributed by atoms with Crippen LogP contribution in [0.25, 0.3) is 0 Å². The standard InChI is InChI=1S/C12H21N3O2/c1-4-16-9(3)12(15-13)10-6-11(17-5-2)8-14-7-10/h6-9,12,15H,4-5,13H2,1-3H3. The van der Waals surface area contributed by atoms with Crippen LogP contribution in [0.15, 0.2) is 18.5 Å². The fraction of sp³-hybridized carbons (Fsp3) is 0.583. The van der Waals surface area contributed by atoms with Gasteiger partial charge in [0.15, 0.2) is 0 Å². The number of aromatic nitrogens is 1. The molecule has 0 radical (unpaired) electrons. The SMILES string of the molecule is CCOc1cncc(C(NN)C(C)OCC)c1. The molecule has 3 N–H and O–H groups in total. The first-order valence-corrected chi connectivity index (χ1v) is 5.88. The Morgan fingerprint density at radius 1 is 1.35 bits per heavy atom. The third-order valence-corrected chi connectivity index (χ3v) is 2.48. The van der Waals surface area contributed by atoms with Crippen LogP contribution in [-0.4, -0.2) is 24.3 Å². The maximum Gasteiger partial charge on any atom is 0.137 e. The van der Waals surface area contributed by atoms with Crippen molar-refractivity contribution in [1.29, 1.82) is 0 Å². The van der Waals surface area contributed by atoms with Crippen molar-refractivity contribution in [3.05, 3.63) is 24.0 Å². The van der Waals surface area contributed by atoms with E-state index >= 15 is 0 Å². The number of hydrazine groups is 1. The molecule has 0 bridgehead atoms. The lowest BCUT2D eigenvalue weighted by atomic mass is 10.1. The molecular formula is C12H21N3O2. The van der Waals surface area contributed by atoms with Crippen molar-refractivity contribution >= 4 is 0 Å². The molecule has 0 aromatic carbocycles. The van der Waals surface area contributed by atoms with E-state index in [1.807, 2.05) is 26.8 Å². The van der Waals surface area contributed by atoms with Gasteiger partial charge < -0.3 is 9.47 Å². The number of rotatable bonds is 7. The van der Waals surface area contributed by atoms with Gasteiger partial charge in [-0.3, -0.25) is 16.3 Å². The van der Waals surface area contributed by atoms with E-state index in [4.69, 9.17) is 15.3 Å². The lowest BCUT2D eigenvalue weighted by molar-refractivity contribution is 0.0471. The monoisotopic (exact) mass is 239 g/mol. The number of ether oxygens (including phenoxy) is 2. The van der Waals surface area contributed by atoms with Crippen molar-refractivity contribution in [2.24, 2.45) is 5.84 Å². The van der Waals surface area contributed by atoms with Crippen molar-refractivity contribution in [2.75, 3.05) is 13.2 Å². The Kier molecular flexibility index (Phi) is 5.90. The molecule has 0 saturated carbocycles. The van der Waals surface area contributed by atoms with Gasteiger partial charge in [0, 0.05) is 12.8 Å². The summed E-state index contributed by atoms with van der Waals surface area (Å²) in [6, 6.07) is 1.83. The Morgan fingerprint density at radius 2 is 2.12 bits per heavy atom. The van der Waals surface area contributed by atoms with Crippen LogP contribution in [-0.2, 0) is 4.74 Å². The van der Waals surface area contributed by atoms with Crippen LogP contribution in [0.3, 0.4) is 0 Å². The molecular weight excluding hydrogens is 218 g/mol. The molecule has 0 aliphatic rings. The minimum atomic E-state index is -0.0946. The van der Waals surface area contributed by atoms with Gasteiger partial charge in [0.1, 0.15) is 5.75 Å². The fourth-order valence-corrected chi connectivity index (χ4v) is 1.71. The van der Waals surface area contributed by atoms with E-state index in [1.54, 1.807) is 12.4 Å². The zero-order valence-electron chi connectivity index (χ0n) is 10.6. The number of hydrogen-bond acceptors (Lipinski definition) is 5. The van der Waals surface area contributed by atoms with Crippen molar-refractivity contribution in [1.82, 2.24) is 10.4 Å². The second-order valence-corrected chi connectivity index (χ2v) is 3.69. The molecule has 5 nitrogen and oxygen atoms in total. The number of nitrogens with two attached hydrogens (primary N) is 1. The topological polar surface area (TPSA) is 69.4 Å². The summed E-state index contributed by atoms with van der Waals surface area (Å²) in [4.78, 5) is 4.14. The molecule has 2 unspecified atom stereocenters. The average Bonchev–Trinajstić information content (AvgIpc) is 2.31. The summed E-state index contributed by atoms with van der Waals surface area (Å²) >= 11 is 0. The highest BCUT2D eigenvalue weighted by atomic mass is 16.5. The van der Waals surface area contributed by atoms with E-state index < -0.39 is 0 Å². The van der Waals surface area contributed by atoms with Gasteiger partial charge in [0.2, 0.25) is 0 Å². The number of nitrogens with zero attached hydrogens (tertiary/aromatic N) is 1. The van der Waals surface area contributed by atoms with Crippen molar-refractivity contribution in [3.63, 3.8) is 0 Å². The molecule has 1 heterocycles. The molecule has 0 aliphatic heterocycles. The lowest BCUT2D eigenvalue weighted by Crippen LogP contribution is -2.36. The maximum atomic E-state index is 5.56. The van der Waals surface area contributed by atoms with Crippen molar-refractivity contribution in [2.45, 2.75) is 32.9 Å². The summed E-state index contributed by atoms with van der Waals surface area (Å²) in [5, 5.41) is 0. The molecule has 0 fully saturated rings. The Bertz CT molecular complexity index is 333. The van der Waals surface area contributed by atoms with Gasteiger partial charge in [0.25, 0.3) is 0 Å². The molecule has 1 aromatic rings. The van der Waals surface area contributed by atoms with Gasteiger partial charge in [0.05, 0.1) is 24.9 Å². The number of nitrogens with one attached hydrogen (secondary N) is 1. The van der Waals surface area contributed by atoms with Crippen LogP contribution in [0.4, 0.5) is 0 Å². The summed E-state index contributed by atoms with van der Waals surface area (Å²) < 4.78 is 10.9. The molecule has 96 valence electrons. The summed E-state index contributed by atoms with van der Waals surface area (Å²) in [5.74, 6) is 6.31. The zero-order valence-corrected chi connectivity index (χ0v) is 10.6. The van der Waals surface area contributed by atoms with E-state index in [1.165, 1.54) is 0 Å². The second-order valence-electron chi connectivity index (χ2n) is 3.69. The summed E-state index contributed by atoms with van der Waals surface area (Å²) in [6.45, 7) is 7.14. The lowest BCUT2D eigenvalue weighted by Gasteiger charge is -2.23. The van der Waals surface area contributed by atoms with Gasteiger partial charge in [-0.2, -0.15) is 0 Å². The number of hydrogen-bond donors (Lipinski definition) is 2. The summed E-state index contributed by atoms with van der Waals surface area (Å²) in [6.07, 6.45) is 3.43. The zero-order chi connectivity index (χ0) is 12.7. The van der Waals surface area contributed by atoms with E-state index in [2.05, 4.69) is 10.4 Å². The van der Waals surface area contributed by atoms with Crippen LogP contribution in [0.5, 0.6) is 5.75 Å².